The third-order valence-corrected chi connectivity index (χ3v) is 4.23. The van der Waals surface area contributed by atoms with Gasteiger partial charge in [0.1, 0.15) is 5.84 Å². The Labute approximate surface area is 159 Å². The number of alkyl halides is 4. The molecule has 0 atom stereocenters. The molecule has 0 unspecified atom stereocenters. The van der Waals surface area contributed by atoms with E-state index in [-0.39, 0.29) is 18.1 Å². The third kappa shape index (κ3) is 4.54. The van der Waals surface area contributed by atoms with Crippen molar-refractivity contribution in [2.75, 3.05) is 12.4 Å². The molecule has 0 aliphatic carbocycles. The van der Waals surface area contributed by atoms with E-state index in [0.29, 0.717) is 22.8 Å². The van der Waals surface area contributed by atoms with Gasteiger partial charge in [-0.1, -0.05) is 36.4 Å². The summed E-state index contributed by atoms with van der Waals surface area (Å²) >= 11 is 5.69. The maximum Gasteiger partial charge on any atom is 0.416 e. The highest BCUT2D eigenvalue weighted by Crippen LogP contribution is 2.34. The first-order chi connectivity index (χ1) is 12.9. The second-order valence-corrected chi connectivity index (χ2v) is 6.18. The van der Waals surface area contributed by atoms with Gasteiger partial charge in [0.05, 0.1) is 29.4 Å². The molecule has 0 amide bonds. The fourth-order valence-corrected chi connectivity index (χ4v) is 2.57. The molecule has 2 aromatic rings. The molecular weight excluding hydrogens is 377 g/mol. The van der Waals surface area contributed by atoms with E-state index in [1.54, 1.807) is 6.92 Å². The lowest BCUT2D eigenvalue weighted by Gasteiger charge is -2.12. The Morgan fingerprint density at radius 3 is 2.59 bits per heavy atom. The molecular formula is C19H16ClF3N4. The first-order valence-corrected chi connectivity index (χ1v) is 8.66. The minimum atomic E-state index is -4.46. The quantitative estimate of drug-likeness (QED) is 0.455. The Morgan fingerprint density at radius 2 is 1.93 bits per heavy atom. The van der Waals surface area contributed by atoms with Crippen molar-refractivity contribution in [3.63, 3.8) is 0 Å². The summed E-state index contributed by atoms with van der Waals surface area (Å²) in [6.45, 7) is 1.88. The molecule has 0 fully saturated rings. The first kappa shape index (κ1) is 19.1. The van der Waals surface area contributed by atoms with E-state index in [4.69, 9.17) is 11.6 Å². The van der Waals surface area contributed by atoms with Crippen LogP contribution in [0.1, 0.15) is 23.6 Å². The summed E-state index contributed by atoms with van der Waals surface area (Å²) in [5.41, 5.74) is 4.71. The Hall–Kier alpha value is -2.67. The maximum absolute atomic E-state index is 13.1. The summed E-state index contributed by atoms with van der Waals surface area (Å²) in [6, 6.07) is 12.7. The molecule has 27 heavy (non-hydrogen) atoms. The van der Waals surface area contributed by atoms with E-state index in [1.165, 1.54) is 6.07 Å². The molecule has 2 aromatic carbocycles. The van der Waals surface area contributed by atoms with E-state index in [2.05, 4.69) is 20.5 Å². The molecule has 1 heterocycles. The van der Waals surface area contributed by atoms with E-state index in [0.717, 1.165) is 17.7 Å². The minimum absolute atomic E-state index is 0.152. The number of amidine groups is 1. The Balaban J connectivity index is 2.10. The van der Waals surface area contributed by atoms with Gasteiger partial charge in [-0.2, -0.15) is 18.3 Å². The van der Waals surface area contributed by atoms with E-state index in [1.807, 2.05) is 30.3 Å². The lowest BCUT2D eigenvalue weighted by Crippen LogP contribution is -2.22. The van der Waals surface area contributed by atoms with Crippen LogP contribution in [-0.2, 0) is 6.18 Å². The molecule has 3 rings (SSSR count). The number of hydrazone groups is 1. The van der Waals surface area contributed by atoms with Crippen LogP contribution in [0.25, 0.3) is 0 Å². The molecule has 1 aliphatic heterocycles. The van der Waals surface area contributed by atoms with Crippen molar-refractivity contribution in [2.45, 2.75) is 13.1 Å². The number of benzene rings is 2. The van der Waals surface area contributed by atoms with Crippen LogP contribution in [0.4, 0.5) is 18.9 Å². The topological polar surface area (TPSA) is 49.1 Å². The van der Waals surface area contributed by atoms with Gasteiger partial charge >= 0.3 is 6.18 Å². The van der Waals surface area contributed by atoms with Crippen molar-refractivity contribution < 1.29 is 13.2 Å². The van der Waals surface area contributed by atoms with Gasteiger partial charge in [-0.3, -0.25) is 10.4 Å². The monoisotopic (exact) mass is 392 g/mol. The SMILES string of the molecule is C/C(CCl)=N\NC1=Nc2cc(C(F)(F)F)ccc2C(c2ccccc2)=NC1. The van der Waals surface area contributed by atoms with Gasteiger partial charge in [-0.05, 0) is 19.1 Å². The highest BCUT2D eigenvalue weighted by atomic mass is 35.5. The van der Waals surface area contributed by atoms with Crippen LogP contribution in [-0.4, -0.2) is 29.7 Å². The number of nitrogens with zero attached hydrogens (tertiary/aromatic N) is 3. The minimum Gasteiger partial charge on any atom is -0.276 e. The Bertz CT molecular complexity index is 918. The Morgan fingerprint density at radius 1 is 1.19 bits per heavy atom. The largest absolute Gasteiger partial charge is 0.416 e. The van der Waals surface area contributed by atoms with Crippen LogP contribution < -0.4 is 5.43 Å². The number of hydrogen-bond donors (Lipinski definition) is 1. The molecule has 0 radical (unpaired) electrons. The van der Waals surface area contributed by atoms with Crippen molar-refractivity contribution in [2.24, 2.45) is 15.1 Å². The average Bonchev–Trinajstić information content (AvgIpc) is 2.84. The number of rotatable bonds is 3. The van der Waals surface area contributed by atoms with Crippen LogP contribution in [0.5, 0.6) is 0 Å². The highest BCUT2D eigenvalue weighted by molar-refractivity contribution is 6.28. The molecule has 4 nitrogen and oxygen atoms in total. The van der Waals surface area contributed by atoms with Crippen molar-refractivity contribution in [1.82, 2.24) is 5.43 Å². The highest BCUT2D eigenvalue weighted by Gasteiger charge is 2.31. The number of hydrogen-bond acceptors (Lipinski definition) is 4. The average molecular weight is 393 g/mol. The molecule has 0 saturated carbocycles. The molecule has 1 aliphatic rings. The van der Waals surface area contributed by atoms with Crippen molar-refractivity contribution in [3.05, 3.63) is 65.2 Å². The molecule has 0 saturated heterocycles. The van der Waals surface area contributed by atoms with Gasteiger partial charge in [0.2, 0.25) is 0 Å². The predicted molar refractivity (Wildman–Crippen MR) is 102 cm³/mol. The summed E-state index contributed by atoms with van der Waals surface area (Å²) in [6.07, 6.45) is -4.46. The molecule has 0 spiro atoms. The molecule has 0 bridgehead atoms. The number of nitrogens with one attached hydrogen (secondary N) is 1. The van der Waals surface area contributed by atoms with Crippen LogP contribution in [0.2, 0.25) is 0 Å². The van der Waals surface area contributed by atoms with Crippen LogP contribution in [0, 0.1) is 0 Å². The summed E-state index contributed by atoms with van der Waals surface area (Å²) in [5, 5.41) is 4.06. The summed E-state index contributed by atoms with van der Waals surface area (Å²) < 4.78 is 39.4. The normalized spacial score (nSPS) is 14.8. The van der Waals surface area contributed by atoms with Crippen LogP contribution in [0.3, 0.4) is 0 Å². The third-order valence-electron chi connectivity index (χ3n) is 3.84. The van der Waals surface area contributed by atoms with E-state index < -0.39 is 11.7 Å². The Kier molecular flexibility index (Phi) is 5.60. The fourth-order valence-electron chi connectivity index (χ4n) is 2.51. The van der Waals surface area contributed by atoms with Crippen molar-refractivity contribution in [1.29, 1.82) is 0 Å². The van der Waals surface area contributed by atoms with Gasteiger partial charge < -0.3 is 0 Å². The van der Waals surface area contributed by atoms with Gasteiger partial charge in [-0.15, -0.1) is 11.6 Å². The zero-order valence-electron chi connectivity index (χ0n) is 14.4. The summed E-state index contributed by atoms with van der Waals surface area (Å²) in [5.74, 6) is 0.569. The fraction of sp³-hybridized carbons (Fsp3) is 0.211. The molecule has 140 valence electrons. The van der Waals surface area contributed by atoms with E-state index >= 15 is 0 Å². The van der Waals surface area contributed by atoms with Crippen molar-refractivity contribution in [3.8, 4) is 0 Å². The smallest absolute Gasteiger partial charge is 0.276 e. The second-order valence-electron chi connectivity index (χ2n) is 5.91. The maximum atomic E-state index is 13.1. The lowest BCUT2D eigenvalue weighted by atomic mass is 9.99. The van der Waals surface area contributed by atoms with Crippen molar-refractivity contribution >= 4 is 34.5 Å². The number of halogens is 4. The van der Waals surface area contributed by atoms with Crippen LogP contribution in [0.15, 0.2) is 63.6 Å². The number of aliphatic imine (C=N–C) groups is 2. The van der Waals surface area contributed by atoms with Gasteiger partial charge in [-0.25, -0.2) is 4.99 Å². The lowest BCUT2D eigenvalue weighted by molar-refractivity contribution is -0.137. The van der Waals surface area contributed by atoms with Gasteiger partial charge in [0.25, 0.3) is 0 Å². The second kappa shape index (κ2) is 7.92. The summed E-state index contributed by atoms with van der Waals surface area (Å²) in [4.78, 5) is 8.89. The first-order valence-electron chi connectivity index (χ1n) is 8.12. The predicted octanol–water partition coefficient (Wildman–Crippen LogP) is 4.79. The van der Waals surface area contributed by atoms with Crippen LogP contribution >= 0.6 is 11.6 Å². The van der Waals surface area contributed by atoms with Gasteiger partial charge in [0, 0.05) is 16.8 Å². The summed E-state index contributed by atoms with van der Waals surface area (Å²) in [7, 11) is 0. The zero-order valence-corrected chi connectivity index (χ0v) is 15.1. The zero-order chi connectivity index (χ0) is 19.4. The molecule has 8 heteroatoms. The van der Waals surface area contributed by atoms with Gasteiger partial charge in [0.15, 0.2) is 0 Å². The standard InChI is InChI=1S/C19H16ClF3N4/c1-12(10-20)26-27-17-11-24-18(13-5-3-2-4-6-13)15-8-7-14(19(21,22)23)9-16(15)25-17/h2-9H,10-11H2,1H3,(H,25,27)/b26-12+. The molecule has 0 aromatic heterocycles. The number of fused-ring (bicyclic) bond motifs is 1. The van der Waals surface area contributed by atoms with E-state index in [9.17, 15) is 13.2 Å². The molecule has 1 N–H and O–H groups in total.